The molecule has 6 nitrogen and oxygen atoms in total. The minimum atomic E-state index is 0.0907. The van der Waals surface area contributed by atoms with Crippen LogP contribution in [0.15, 0.2) is 50.3 Å². The normalized spacial score (nSPS) is 11.2. The van der Waals surface area contributed by atoms with E-state index in [-0.39, 0.29) is 17.5 Å². The van der Waals surface area contributed by atoms with Crippen molar-refractivity contribution in [2.45, 2.75) is 19.8 Å². The van der Waals surface area contributed by atoms with Crippen LogP contribution < -0.4 is 5.43 Å². The zero-order valence-electron chi connectivity index (χ0n) is 13.7. The van der Waals surface area contributed by atoms with Crippen molar-refractivity contribution in [3.8, 4) is 17.4 Å². The smallest absolute Gasteiger partial charge is 0.252 e. The Morgan fingerprint density at radius 1 is 1.28 bits per heavy atom. The van der Waals surface area contributed by atoms with Gasteiger partial charge in [0, 0.05) is 15.1 Å². The van der Waals surface area contributed by atoms with E-state index in [1.165, 1.54) is 6.21 Å². The lowest BCUT2D eigenvalue weighted by atomic mass is 10.2. The van der Waals surface area contributed by atoms with Crippen LogP contribution in [0.4, 0.5) is 5.88 Å². The average molecular weight is 446 g/mol. The van der Waals surface area contributed by atoms with E-state index >= 15 is 0 Å². The Morgan fingerprint density at radius 2 is 2.12 bits per heavy atom. The highest BCUT2D eigenvalue weighted by atomic mass is 127. The molecular weight excluding hydrogens is 431 g/mol. The van der Waals surface area contributed by atoms with Gasteiger partial charge < -0.3 is 8.83 Å². The highest BCUT2D eigenvalue weighted by molar-refractivity contribution is 14.1. The molecule has 1 aromatic carbocycles. The van der Waals surface area contributed by atoms with Gasteiger partial charge in [0.2, 0.25) is 11.6 Å². The number of nitrogens with zero attached hydrogens (tertiary/aromatic N) is 3. The Hall–Kier alpha value is -2.60. The maximum absolute atomic E-state index is 9.10. The summed E-state index contributed by atoms with van der Waals surface area (Å²) in [6.07, 6.45) is 1.52. The lowest BCUT2D eigenvalue weighted by Crippen LogP contribution is -1.90. The Morgan fingerprint density at radius 3 is 2.84 bits per heavy atom. The molecule has 3 aromatic rings. The highest BCUT2D eigenvalue weighted by Crippen LogP contribution is 2.24. The van der Waals surface area contributed by atoms with Gasteiger partial charge in [-0.3, -0.25) is 0 Å². The number of rotatable bonds is 5. The first-order valence-electron chi connectivity index (χ1n) is 7.62. The Bertz CT molecular complexity index is 950. The number of halogens is 1. The van der Waals surface area contributed by atoms with Gasteiger partial charge >= 0.3 is 0 Å². The van der Waals surface area contributed by atoms with E-state index < -0.39 is 0 Å². The molecule has 0 spiro atoms. The third-order valence-corrected chi connectivity index (χ3v) is 4.01. The van der Waals surface area contributed by atoms with Crippen molar-refractivity contribution in [3.63, 3.8) is 0 Å². The molecule has 2 heterocycles. The summed E-state index contributed by atoms with van der Waals surface area (Å²) in [5.74, 6) is 2.16. The number of anilines is 1. The molecule has 3 rings (SSSR count). The van der Waals surface area contributed by atoms with Crippen LogP contribution in [0.3, 0.4) is 0 Å². The van der Waals surface area contributed by atoms with E-state index in [0.29, 0.717) is 11.7 Å². The van der Waals surface area contributed by atoms with Gasteiger partial charge in [-0.05, 0) is 46.9 Å². The van der Waals surface area contributed by atoms with Crippen LogP contribution >= 0.6 is 22.6 Å². The lowest BCUT2D eigenvalue weighted by molar-refractivity contribution is 0.481. The largest absolute Gasteiger partial charge is 0.455 e. The van der Waals surface area contributed by atoms with Crippen LogP contribution in [0, 0.1) is 14.9 Å². The van der Waals surface area contributed by atoms with Crippen LogP contribution in [0.2, 0.25) is 0 Å². The van der Waals surface area contributed by atoms with Crippen molar-refractivity contribution in [2.24, 2.45) is 5.10 Å². The predicted octanol–water partition coefficient (Wildman–Crippen LogP) is 4.98. The third-order valence-electron chi connectivity index (χ3n) is 3.34. The second-order valence-electron chi connectivity index (χ2n) is 5.58. The maximum Gasteiger partial charge on any atom is 0.252 e. The maximum atomic E-state index is 9.10. The van der Waals surface area contributed by atoms with E-state index in [1.807, 2.05) is 56.3 Å². The van der Waals surface area contributed by atoms with Crippen LogP contribution in [-0.4, -0.2) is 11.2 Å². The monoisotopic (exact) mass is 446 g/mol. The lowest BCUT2D eigenvalue weighted by Gasteiger charge is -1.97. The van der Waals surface area contributed by atoms with Gasteiger partial charge in [0.05, 0.1) is 6.21 Å². The van der Waals surface area contributed by atoms with Crippen molar-refractivity contribution in [1.82, 2.24) is 4.98 Å². The SMILES string of the molecule is CC(C)c1nc(C#N)c(N/N=C/c2ccc(-c3cccc(I)c3)o2)o1. The molecule has 0 aliphatic rings. The molecule has 0 radical (unpaired) electrons. The number of oxazole rings is 1. The van der Waals surface area contributed by atoms with Crippen molar-refractivity contribution >= 4 is 34.7 Å². The minimum Gasteiger partial charge on any atom is -0.455 e. The third kappa shape index (κ3) is 4.09. The van der Waals surface area contributed by atoms with E-state index in [1.54, 1.807) is 0 Å². The summed E-state index contributed by atoms with van der Waals surface area (Å²) in [5, 5.41) is 13.2. The summed E-state index contributed by atoms with van der Waals surface area (Å²) in [5.41, 5.74) is 3.89. The van der Waals surface area contributed by atoms with Gasteiger partial charge in [0.15, 0.2) is 0 Å². The molecule has 0 aliphatic carbocycles. The van der Waals surface area contributed by atoms with Gasteiger partial charge in [0.25, 0.3) is 5.88 Å². The molecule has 0 aliphatic heterocycles. The predicted molar refractivity (Wildman–Crippen MR) is 103 cm³/mol. The number of aromatic nitrogens is 1. The topological polar surface area (TPSA) is 87.4 Å². The molecule has 0 amide bonds. The van der Waals surface area contributed by atoms with Crippen molar-refractivity contribution in [1.29, 1.82) is 5.26 Å². The molecule has 126 valence electrons. The van der Waals surface area contributed by atoms with Gasteiger partial charge in [-0.25, -0.2) is 10.4 Å². The van der Waals surface area contributed by atoms with E-state index in [4.69, 9.17) is 14.1 Å². The zero-order chi connectivity index (χ0) is 17.8. The Balaban J connectivity index is 1.73. The first-order chi connectivity index (χ1) is 12.1. The summed E-state index contributed by atoms with van der Waals surface area (Å²) in [4.78, 5) is 4.12. The van der Waals surface area contributed by atoms with Crippen LogP contribution in [0.5, 0.6) is 0 Å². The fourth-order valence-corrected chi connectivity index (χ4v) is 2.65. The van der Waals surface area contributed by atoms with E-state index in [9.17, 15) is 0 Å². The molecule has 25 heavy (non-hydrogen) atoms. The van der Waals surface area contributed by atoms with Crippen molar-refractivity contribution < 1.29 is 8.83 Å². The number of nitriles is 1. The van der Waals surface area contributed by atoms with Crippen LogP contribution in [-0.2, 0) is 0 Å². The molecule has 0 unspecified atom stereocenters. The zero-order valence-corrected chi connectivity index (χ0v) is 15.8. The quantitative estimate of drug-likeness (QED) is 0.339. The first kappa shape index (κ1) is 17.2. The number of nitrogens with one attached hydrogen (secondary N) is 1. The fourth-order valence-electron chi connectivity index (χ4n) is 2.11. The van der Waals surface area contributed by atoms with Gasteiger partial charge in [-0.2, -0.15) is 10.4 Å². The Labute approximate surface area is 158 Å². The molecule has 0 bridgehead atoms. The van der Waals surface area contributed by atoms with Gasteiger partial charge in [-0.1, -0.05) is 26.0 Å². The summed E-state index contributed by atoms with van der Waals surface area (Å²) < 4.78 is 12.4. The molecule has 0 saturated carbocycles. The second kappa shape index (κ2) is 7.53. The molecule has 0 saturated heterocycles. The molecule has 0 atom stereocenters. The van der Waals surface area contributed by atoms with Crippen LogP contribution in [0.25, 0.3) is 11.3 Å². The van der Waals surface area contributed by atoms with Crippen LogP contribution in [0.1, 0.15) is 37.1 Å². The first-order valence-corrected chi connectivity index (χ1v) is 8.70. The number of hydrogen-bond acceptors (Lipinski definition) is 6. The van der Waals surface area contributed by atoms with E-state index in [2.05, 4.69) is 38.1 Å². The highest BCUT2D eigenvalue weighted by Gasteiger charge is 2.14. The number of furan rings is 1. The molecule has 7 heteroatoms. The number of benzene rings is 1. The average Bonchev–Trinajstić information content (AvgIpc) is 3.22. The van der Waals surface area contributed by atoms with Crippen molar-refractivity contribution in [3.05, 3.63) is 57.3 Å². The number of hydrogen-bond donors (Lipinski definition) is 1. The fraction of sp³-hybridized carbons (Fsp3) is 0.167. The van der Waals surface area contributed by atoms with E-state index in [0.717, 1.165) is 14.9 Å². The summed E-state index contributed by atoms with van der Waals surface area (Å²) in [6.45, 7) is 3.88. The van der Waals surface area contributed by atoms with Crippen molar-refractivity contribution in [2.75, 3.05) is 5.43 Å². The standard InChI is InChI=1S/C18H15IN4O2/c1-11(2)17-22-15(9-20)18(25-17)23-21-10-14-6-7-16(24-14)12-4-3-5-13(19)8-12/h3-8,10-11,23H,1-2H3/b21-10+. The van der Waals surface area contributed by atoms with Gasteiger partial charge in [-0.15, -0.1) is 0 Å². The molecule has 0 fully saturated rings. The molecular formula is C18H15IN4O2. The summed E-state index contributed by atoms with van der Waals surface area (Å²) >= 11 is 2.26. The number of hydrazone groups is 1. The van der Waals surface area contributed by atoms with Gasteiger partial charge in [0.1, 0.15) is 17.6 Å². The molecule has 2 aromatic heterocycles. The minimum absolute atomic E-state index is 0.0907. The second-order valence-corrected chi connectivity index (χ2v) is 6.82. The summed E-state index contributed by atoms with van der Waals surface area (Å²) in [6, 6.07) is 13.7. The Kier molecular flexibility index (Phi) is 5.19. The molecule has 1 N–H and O–H groups in total. The summed E-state index contributed by atoms with van der Waals surface area (Å²) in [7, 11) is 0.